The van der Waals surface area contributed by atoms with Crippen LogP contribution in [-0.2, 0) is 11.3 Å². The molecule has 1 aromatic heterocycles. The van der Waals surface area contributed by atoms with Crippen LogP contribution in [0.25, 0.3) is 5.69 Å². The molecule has 0 fully saturated rings. The molecule has 0 aliphatic carbocycles. The molecule has 24 heavy (non-hydrogen) atoms. The lowest BCUT2D eigenvalue weighted by Gasteiger charge is -2.20. The molecular formula is C16H19N3O4S. The molecule has 2 rings (SSSR count). The Bertz CT molecular complexity index is 802. The molecule has 0 atom stereocenters. The molecule has 2 aromatic rings. The fraction of sp³-hybridized carbons (Fsp3) is 0.312. The molecule has 2 amide bonds. The molecule has 0 aliphatic heterocycles. The van der Waals surface area contributed by atoms with Gasteiger partial charge in [-0.2, -0.15) is 0 Å². The SMILES string of the molecule is CC(C)(C)OC(=O)NCc1ccccc1-n1ccs/c1=N/C(=O)O. The first-order valence-electron chi connectivity index (χ1n) is 7.25. The average molecular weight is 349 g/mol. The molecule has 128 valence electrons. The Kier molecular flexibility index (Phi) is 5.40. The number of aromatic nitrogens is 1. The van der Waals surface area contributed by atoms with Crippen LogP contribution in [0.5, 0.6) is 0 Å². The number of para-hydroxylation sites is 1. The van der Waals surface area contributed by atoms with E-state index in [1.54, 1.807) is 36.9 Å². The fourth-order valence-corrected chi connectivity index (χ4v) is 2.70. The number of hydrogen-bond acceptors (Lipinski definition) is 4. The predicted molar refractivity (Wildman–Crippen MR) is 90.3 cm³/mol. The van der Waals surface area contributed by atoms with Crippen molar-refractivity contribution in [2.45, 2.75) is 32.9 Å². The molecule has 1 heterocycles. The summed E-state index contributed by atoms with van der Waals surface area (Å²) in [5.41, 5.74) is 0.989. The number of hydrogen-bond donors (Lipinski definition) is 2. The van der Waals surface area contributed by atoms with Gasteiger partial charge in [0.1, 0.15) is 5.60 Å². The number of carbonyl (C=O) groups excluding carboxylic acids is 1. The summed E-state index contributed by atoms with van der Waals surface area (Å²) in [7, 11) is 0. The van der Waals surface area contributed by atoms with E-state index in [1.165, 1.54) is 11.3 Å². The van der Waals surface area contributed by atoms with Gasteiger partial charge in [-0.05, 0) is 32.4 Å². The van der Waals surface area contributed by atoms with Crippen molar-refractivity contribution in [1.82, 2.24) is 9.88 Å². The number of nitrogens with one attached hydrogen (secondary N) is 1. The molecule has 8 heteroatoms. The molecule has 0 radical (unpaired) electrons. The lowest BCUT2D eigenvalue weighted by Crippen LogP contribution is -2.32. The summed E-state index contributed by atoms with van der Waals surface area (Å²) in [6.07, 6.45) is -0.0303. The van der Waals surface area contributed by atoms with Gasteiger partial charge in [-0.1, -0.05) is 18.2 Å². The second-order valence-corrected chi connectivity index (χ2v) is 6.81. The van der Waals surface area contributed by atoms with E-state index in [1.807, 2.05) is 24.3 Å². The molecule has 0 spiro atoms. The number of carboxylic acid groups (broad SMARTS) is 1. The highest BCUT2D eigenvalue weighted by Gasteiger charge is 2.16. The summed E-state index contributed by atoms with van der Waals surface area (Å²) < 4.78 is 6.89. The zero-order valence-electron chi connectivity index (χ0n) is 13.6. The number of ether oxygens (including phenoxy) is 1. The van der Waals surface area contributed by atoms with Crippen molar-refractivity contribution >= 4 is 23.5 Å². The number of amides is 2. The second-order valence-electron chi connectivity index (χ2n) is 5.93. The Labute approximate surface area is 143 Å². The average Bonchev–Trinajstić information content (AvgIpc) is 2.91. The van der Waals surface area contributed by atoms with E-state index >= 15 is 0 Å². The van der Waals surface area contributed by atoms with Crippen LogP contribution in [0.4, 0.5) is 9.59 Å². The topological polar surface area (TPSA) is 92.9 Å². The summed E-state index contributed by atoms with van der Waals surface area (Å²) in [6, 6.07) is 7.36. The molecule has 7 nitrogen and oxygen atoms in total. The van der Waals surface area contributed by atoms with Crippen molar-refractivity contribution in [3.05, 3.63) is 46.2 Å². The molecule has 0 bridgehead atoms. The summed E-state index contributed by atoms with van der Waals surface area (Å²) in [5.74, 6) is 0. The number of alkyl carbamates (subject to hydrolysis) is 1. The van der Waals surface area contributed by atoms with Crippen molar-refractivity contribution in [3.8, 4) is 5.69 Å². The van der Waals surface area contributed by atoms with Crippen molar-refractivity contribution in [2.75, 3.05) is 0 Å². The quantitative estimate of drug-likeness (QED) is 0.890. The van der Waals surface area contributed by atoms with Crippen LogP contribution in [0.1, 0.15) is 26.3 Å². The maximum Gasteiger partial charge on any atom is 0.433 e. The minimum Gasteiger partial charge on any atom is -0.463 e. The van der Waals surface area contributed by atoms with E-state index in [9.17, 15) is 9.59 Å². The van der Waals surface area contributed by atoms with Crippen LogP contribution in [0.3, 0.4) is 0 Å². The zero-order valence-corrected chi connectivity index (χ0v) is 14.5. The molecule has 0 aliphatic rings. The third-order valence-corrected chi connectivity index (χ3v) is 3.61. The molecule has 0 saturated carbocycles. The van der Waals surface area contributed by atoms with Gasteiger partial charge in [-0.15, -0.1) is 16.3 Å². The lowest BCUT2D eigenvalue weighted by molar-refractivity contribution is 0.0523. The Morgan fingerprint density at radius 3 is 2.71 bits per heavy atom. The third-order valence-electron chi connectivity index (χ3n) is 2.85. The smallest absolute Gasteiger partial charge is 0.433 e. The van der Waals surface area contributed by atoms with Crippen molar-refractivity contribution < 1.29 is 19.4 Å². The van der Waals surface area contributed by atoms with Crippen molar-refractivity contribution in [1.29, 1.82) is 0 Å². The second kappa shape index (κ2) is 7.31. The van der Waals surface area contributed by atoms with E-state index in [-0.39, 0.29) is 6.54 Å². The summed E-state index contributed by atoms with van der Waals surface area (Å²) >= 11 is 1.22. The minimum atomic E-state index is -1.25. The van der Waals surface area contributed by atoms with Gasteiger partial charge < -0.3 is 15.2 Å². The van der Waals surface area contributed by atoms with Crippen molar-refractivity contribution in [3.63, 3.8) is 0 Å². The van der Waals surface area contributed by atoms with Gasteiger partial charge in [-0.25, -0.2) is 9.59 Å². The summed E-state index contributed by atoms with van der Waals surface area (Å²) in [6.45, 7) is 5.63. The van der Waals surface area contributed by atoms with E-state index in [0.29, 0.717) is 4.80 Å². The van der Waals surface area contributed by atoms with E-state index < -0.39 is 17.8 Å². The van der Waals surface area contributed by atoms with Crippen LogP contribution in [0.2, 0.25) is 0 Å². The highest BCUT2D eigenvalue weighted by Crippen LogP contribution is 2.14. The summed E-state index contributed by atoms with van der Waals surface area (Å²) in [5, 5.41) is 13.3. The zero-order chi connectivity index (χ0) is 17.7. The van der Waals surface area contributed by atoms with Gasteiger partial charge in [0.15, 0.2) is 0 Å². The Hall–Kier alpha value is -2.61. The predicted octanol–water partition coefficient (Wildman–Crippen LogP) is 3.14. The van der Waals surface area contributed by atoms with Crippen LogP contribution < -0.4 is 10.1 Å². The van der Waals surface area contributed by atoms with Crippen LogP contribution in [-0.4, -0.2) is 27.5 Å². The number of nitrogens with zero attached hydrogens (tertiary/aromatic N) is 2. The monoisotopic (exact) mass is 349 g/mol. The molecule has 1 aromatic carbocycles. The fourth-order valence-electron chi connectivity index (χ4n) is 1.99. The van der Waals surface area contributed by atoms with Gasteiger partial charge in [-0.3, -0.25) is 4.57 Å². The Morgan fingerprint density at radius 1 is 1.33 bits per heavy atom. The van der Waals surface area contributed by atoms with E-state index in [2.05, 4.69) is 10.3 Å². The number of rotatable bonds is 3. The highest BCUT2D eigenvalue weighted by atomic mass is 32.1. The first-order chi connectivity index (χ1) is 11.3. The Morgan fingerprint density at radius 2 is 2.04 bits per heavy atom. The van der Waals surface area contributed by atoms with Gasteiger partial charge in [0.2, 0.25) is 4.80 Å². The van der Waals surface area contributed by atoms with Crippen molar-refractivity contribution in [2.24, 2.45) is 4.99 Å². The maximum atomic E-state index is 11.8. The van der Waals surface area contributed by atoms with Crippen LogP contribution in [0, 0.1) is 0 Å². The first kappa shape index (κ1) is 17.7. The van der Waals surface area contributed by atoms with Gasteiger partial charge in [0.05, 0.1) is 5.69 Å². The lowest BCUT2D eigenvalue weighted by atomic mass is 10.1. The molecular weight excluding hydrogens is 330 g/mol. The number of thiazole rings is 1. The summed E-state index contributed by atoms with van der Waals surface area (Å²) in [4.78, 5) is 26.6. The maximum absolute atomic E-state index is 11.8. The largest absolute Gasteiger partial charge is 0.463 e. The number of carbonyl (C=O) groups is 2. The van der Waals surface area contributed by atoms with E-state index in [4.69, 9.17) is 9.84 Å². The normalized spacial score (nSPS) is 12.0. The molecule has 0 saturated heterocycles. The van der Waals surface area contributed by atoms with Crippen LogP contribution >= 0.6 is 11.3 Å². The van der Waals surface area contributed by atoms with E-state index in [0.717, 1.165) is 11.3 Å². The Balaban J connectivity index is 2.25. The van der Waals surface area contributed by atoms with Crippen LogP contribution in [0.15, 0.2) is 40.8 Å². The standard InChI is InChI=1S/C16H19N3O4S/c1-16(2,3)23-15(22)17-10-11-6-4-5-7-12(11)19-8-9-24-13(19)18-14(20)21/h4-9H,10H2,1-3H3,(H,17,22)(H,20,21)/b18-13+. The third kappa shape index (κ3) is 4.95. The van der Waals surface area contributed by atoms with Gasteiger partial charge >= 0.3 is 12.2 Å². The van der Waals surface area contributed by atoms with Gasteiger partial charge in [0, 0.05) is 18.1 Å². The van der Waals surface area contributed by atoms with Gasteiger partial charge in [0.25, 0.3) is 0 Å². The number of benzene rings is 1. The minimum absolute atomic E-state index is 0.250. The molecule has 0 unspecified atom stereocenters. The first-order valence-corrected chi connectivity index (χ1v) is 8.13. The molecule has 2 N–H and O–H groups in total. The highest BCUT2D eigenvalue weighted by molar-refractivity contribution is 7.07.